The van der Waals surface area contributed by atoms with Gasteiger partial charge in [0.1, 0.15) is 11.8 Å². The van der Waals surface area contributed by atoms with Crippen molar-refractivity contribution in [3.8, 4) is 5.75 Å². The maximum Gasteiger partial charge on any atom is 0.387 e. The Morgan fingerprint density at radius 1 is 1.12 bits per heavy atom. The van der Waals surface area contributed by atoms with Gasteiger partial charge in [0.25, 0.3) is 0 Å². The van der Waals surface area contributed by atoms with Crippen LogP contribution >= 0.6 is 0 Å². The Hall–Kier alpha value is -2.47. The van der Waals surface area contributed by atoms with Crippen LogP contribution in [-0.4, -0.2) is 23.7 Å². The van der Waals surface area contributed by atoms with Gasteiger partial charge in [-0.05, 0) is 42.5 Å². The number of rotatable bonds is 8. The first-order valence-electron chi connectivity index (χ1n) is 7.92. The molecule has 2 aromatic carbocycles. The van der Waals surface area contributed by atoms with E-state index in [4.69, 9.17) is 0 Å². The summed E-state index contributed by atoms with van der Waals surface area (Å²) in [5, 5.41) is 12.4. The van der Waals surface area contributed by atoms with Crippen LogP contribution in [0.25, 0.3) is 0 Å². The number of aryl methyl sites for hydroxylation is 2. The van der Waals surface area contributed by atoms with Gasteiger partial charge in [-0.25, -0.2) is 0 Å². The summed E-state index contributed by atoms with van der Waals surface area (Å²) in [7, 11) is 0. The minimum atomic E-state index is -2.87. The largest absolute Gasteiger partial charge is 0.480 e. The quantitative estimate of drug-likeness (QED) is 0.763. The second-order valence-corrected chi connectivity index (χ2v) is 5.90. The molecule has 25 heavy (non-hydrogen) atoms. The van der Waals surface area contributed by atoms with Crippen molar-refractivity contribution < 1.29 is 23.4 Å². The highest BCUT2D eigenvalue weighted by atomic mass is 19.3. The van der Waals surface area contributed by atoms with Crippen molar-refractivity contribution in [1.29, 1.82) is 0 Å². The van der Waals surface area contributed by atoms with E-state index in [1.807, 2.05) is 30.3 Å². The molecule has 0 heterocycles. The number of hydrogen-bond acceptors (Lipinski definition) is 3. The Kier molecular flexibility index (Phi) is 6.47. The lowest BCUT2D eigenvalue weighted by Gasteiger charge is -2.17. The summed E-state index contributed by atoms with van der Waals surface area (Å²) in [5.41, 5.74) is 2.92. The summed E-state index contributed by atoms with van der Waals surface area (Å²) in [6.07, 6.45) is 0.362. The van der Waals surface area contributed by atoms with Crippen LogP contribution in [0.1, 0.15) is 22.3 Å². The molecular formula is C19H21F2NO3. The molecule has 2 rings (SSSR count). The number of aliphatic carboxylic acids is 1. The van der Waals surface area contributed by atoms with E-state index in [0.717, 1.165) is 11.1 Å². The number of benzene rings is 2. The van der Waals surface area contributed by atoms with E-state index in [2.05, 4.69) is 10.1 Å². The van der Waals surface area contributed by atoms with Gasteiger partial charge in [-0.3, -0.25) is 4.79 Å². The normalized spacial score (nSPS) is 12.2. The number of halogens is 2. The van der Waals surface area contributed by atoms with Gasteiger partial charge in [0.15, 0.2) is 0 Å². The molecule has 6 heteroatoms. The highest BCUT2D eigenvalue weighted by Gasteiger charge is 2.18. The molecule has 0 saturated heterocycles. The number of carbonyl (C=O) groups is 1. The lowest BCUT2D eigenvalue weighted by atomic mass is 10.0. The standard InChI is InChI=1S/C19H21F2NO3/c1-12-8-15(9-13(2)17(12)25-19(20)21)11-22-16(18(23)24)10-14-6-4-3-5-7-14/h3-9,16,19,22H,10-11H2,1-2H3,(H,23,24)/t16-/m1/s1. The van der Waals surface area contributed by atoms with E-state index in [9.17, 15) is 18.7 Å². The Morgan fingerprint density at radius 3 is 2.24 bits per heavy atom. The summed E-state index contributed by atoms with van der Waals surface area (Å²) in [4.78, 5) is 11.5. The fraction of sp³-hybridized carbons (Fsp3) is 0.316. The van der Waals surface area contributed by atoms with Gasteiger partial charge in [0.05, 0.1) is 0 Å². The average Bonchev–Trinajstić information content (AvgIpc) is 2.55. The SMILES string of the molecule is Cc1cc(CN[C@H](Cc2ccccc2)C(=O)O)cc(C)c1OC(F)F. The van der Waals surface area contributed by atoms with Gasteiger partial charge in [-0.15, -0.1) is 0 Å². The van der Waals surface area contributed by atoms with Gasteiger partial charge >= 0.3 is 12.6 Å². The third-order valence-electron chi connectivity index (χ3n) is 3.86. The molecule has 0 unspecified atom stereocenters. The Bertz CT molecular complexity index is 697. The van der Waals surface area contributed by atoms with Gasteiger partial charge in [0.2, 0.25) is 0 Å². The Morgan fingerprint density at radius 2 is 1.72 bits per heavy atom. The average molecular weight is 349 g/mol. The number of ether oxygens (including phenoxy) is 1. The predicted octanol–water partition coefficient (Wildman–Crippen LogP) is 3.69. The molecule has 4 nitrogen and oxygen atoms in total. The number of carboxylic acid groups (broad SMARTS) is 1. The first-order chi connectivity index (χ1) is 11.9. The molecule has 0 aliphatic heterocycles. The third kappa shape index (κ3) is 5.53. The van der Waals surface area contributed by atoms with Crippen molar-refractivity contribution >= 4 is 5.97 Å². The van der Waals surface area contributed by atoms with E-state index < -0.39 is 18.6 Å². The molecule has 0 aliphatic rings. The topological polar surface area (TPSA) is 58.6 Å². The highest BCUT2D eigenvalue weighted by Crippen LogP contribution is 2.26. The lowest BCUT2D eigenvalue weighted by Crippen LogP contribution is -2.38. The van der Waals surface area contributed by atoms with Crippen LogP contribution in [0.2, 0.25) is 0 Å². The minimum Gasteiger partial charge on any atom is -0.480 e. The molecule has 2 N–H and O–H groups in total. The molecule has 1 atom stereocenters. The number of alkyl halides is 2. The van der Waals surface area contributed by atoms with Gasteiger partial charge in [-0.2, -0.15) is 8.78 Å². The molecule has 0 fully saturated rings. The maximum absolute atomic E-state index is 12.4. The van der Waals surface area contributed by atoms with Gasteiger partial charge in [0, 0.05) is 6.54 Å². The smallest absolute Gasteiger partial charge is 0.387 e. The van der Waals surface area contributed by atoms with Gasteiger partial charge in [-0.1, -0.05) is 42.5 Å². The zero-order chi connectivity index (χ0) is 18.4. The lowest BCUT2D eigenvalue weighted by molar-refractivity contribution is -0.139. The summed E-state index contributed by atoms with van der Waals surface area (Å²) < 4.78 is 29.4. The van der Waals surface area contributed by atoms with Crippen LogP contribution in [-0.2, 0) is 17.8 Å². The molecule has 0 radical (unpaired) electrons. The van der Waals surface area contributed by atoms with Crippen molar-refractivity contribution in [2.24, 2.45) is 0 Å². The third-order valence-corrected chi connectivity index (χ3v) is 3.86. The molecule has 0 aliphatic carbocycles. The number of hydrogen-bond donors (Lipinski definition) is 2. The fourth-order valence-corrected chi connectivity index (χ4v) is 2.75. The van der Waals surface area contributed by atoms with E-state index in [0.29, 0.717) is 24.1 Å². The Balaban J connectivity index is 2.06. The van der Waals surface area contributed by atoms with Crippen molar-refractivity contribution in [2.45, 2.75) is 39.5 Å². The summed E-state index contributed by atoms with van der Waals surface area (Å²) in [5.74, 6) is -0.771. The fourth-order valence-electron chi connectivity index (χ4n) is 2.75. The van der Waals surface area contributed by atoms with Crippen molar-refractivity contribution in [3.63, 3.8) is 0 Å². The van der Waals surface area contributed by atoms with Crippen LogP contribution in [0.3, 0.4) is 0 Å². The highest BCUT2D eigenvalue weighted by molar-refractivity contribution is 5.73. The predicted molar refractivity (Wildman–Crippen MR) is 91.0 cm³/mol. The van der Waals surface area contributed by atoms with Crippen LogP contribution in [0.4, 0.5) is 8.78 Å². The Labute approximate surface area is 145 Å². The molecule has 0 bridgehead atoms. The van der Waals surface area contributed by atoms with Crippen molar-refractivity contribution in [3.05, 3.63) is 64.7 Å². The molecule has 0 aromatic heterocycles. The van der Waals surface area contributed by atoms with E-state index in [1.54, 1.807) is 26.0 Å². The second-order valence-electron chi connectivity index (χ2n) is 5.90. The maximum atomic E-state index is 12.4. The minimum absolute atomic E-state index is 0.165. The van der Waals surface area contributed by atoms with Crippen LogP contribution in [0.15, 0.2) is 42.5 Å². The van der Waals surface area contributed by atoms with Gasteiger partial charge < -0.3 is 15.2 Å². The molecule has 0 saturated carbocycles. The first kappa shape index (κ1) is 18.9. The second kappa shape index (κ2) is 8.58. The summed E-state index contributed by atoms with van der Waals surface area (Å²) in [6.45, 7) is 0.823. The number of nitrogens with one attached hydrogen (secondary N) is 1. The van der Waals surface area contributed by atoms with Crippen molar-refractivity contribution in [2.75, 3.05) is 0 Å². The monoisotopic (exact) mass is 349 g/mol. The zero-order valence-corrected chi connectivity index (χ0v) is 14.1. The van der Waals surface area contributed by atoms with E-state index in [-0.39, 0.29) is 5.75 Å². The van der Waals surface area contributed by atoms with E-state index in [1.165, 1.54) is 0 Å². The van der Waals surface area contributed by atoms with E-state index >= 15 is 0 Å². The van der Waals surface area contributed by atoms with Crippen LogP contribution in [0.5, 0.6) is 5.75 Å². The zero-order valence-electron chi connectivity index (χ0n) is 14.1. The molecule has 0 spiro atoms. The first-order valence-corrected chi connectivity index (χ1v) is 7.92. The summed E-state index contributed by atoms with van der Waals surface area (Å²) in [6, 6.07) is 12.1. The molecule has 2 aromatic rings. The molecule has 134 valence electrons. The van der Waals surface area contributed by atoms with Crippen molar-refractivity contribution in [1.82, 2.24) is 5.32 Å². The van der Waals surface area contributed by atoms with Crippen LogP contribution < -0.4 is 10.1 Å². The molecular weight excluding hydrogens is 328 g/mol. The number of carboxylic acids is 1. The summed E-state index contributed by atoms with van der Waals surface area (Å²) >= 11 is 0. The van der Waals surface area contributed by atoms with Crippen LogP contribution in [0, 0.1) is 13.8 Å². The molecule has 0 amide bonds.